The fourth-order valence-electron chi connectivity index (χ4n) is 5.05. The number of carbonyl (C=O) groups excluding carboxylic acids is 3. The molecule has 3 aromatic rings. The smallest absolute Gasteiger partial charge is 0.416 e. The van der Waals surface area contributed by atoms with Crippen molar-refractivity contribution < 1.29 is 46.5 Å². The SMILES string of the molecule is CC(C)(C)OC(=O)C(CCn1nnc2ccc(C(F)(F)F)cc2c1=O)(CC(=O)c1ccc(OCC2CCCO2)cc1)C(=O)OC(C)(C)C. The first kappa shape index (κ1) is 36.5. The third-order valence-electron chi connectivity index (χ3n) is 7.48. The lowest BCUT2D eigenvalue weighted by atomic mass is 9.78. The van der Waals surface area contributed by atoms with Gasteiger partial charge in [-0.3, -0.25) is 19.2 Å². The van der Waals surface area contributed by atoms with Crippen LogP contribution in [0, 0.1) is 5.41 Å². The quantitative estimate of drug-likeness (QED) is 0.141. The maximum absolute atomic E-state index is 14.0. The van der Waals surface area contributed by atoms with Crippen LogP contribution in [0.25, 0.3) is 10.9 Å². The van der Waals surface area contributed by atoms with Crippen molar-refractivity contribution in [3.63, 3.8) is 0 Å². The third-order valence-corrected chi connectivity index (χ3v) is 7.48. The highest BCUT2D eigenvalue weighted by Gasteiger charge is 2.52. The highest BCUT2D eigenvalue weighted by molar-refractivity contribution is 6.07. The Labute approximate surface area is 275 Å². The molecular formula is C34H40F3N3O8. The summed E-state index contributed by atoms with van der Waals surface area (Å²) in [4.78, 5) is 55.0. The number of aryl methyl sites for hydroxylation is 1. The van der Waals surface area contributed by atoms with Gasteiger partial charge in [0.1, 0.15) is 29.1 Å². The van der Waals surface area contributed by atoms with Gasteiger partial charge in [-0.05, 0) is 103 Å². The number of esters is 2. The van der Waals surface area contributed by atoms with Crippen LogP contribution in [-0.2, 0) is 36.5 Å². The van der Waals surface area contributed by atoms with Crippen molar-refractivity contribution in [1.82, 2.24) is 15.0 Å². The Balaban J connectivity index is 1.70. The predicted octanol–water partition coefficient (Wildman–Crippen LogP) is 5.70. The number of carbonyl (C=O) groups is 3. The molecule has 0 spiro atoms. The van der Waals surface area contributed by atoms with E-state index < -0.39 is 71.0 Å². The zero-order valence-electron chi connectivity index (χ0n) is 27.8. The van der Waals surface area contributed by atoms with Crippen molar-refractivity contribution in [2.45, 2.75) is 97.3 Å². The number of benzene rings is 2. The third kappa shape index (κ3) is 9.18. The molecule has 0 N–H and O–H groups in total. The molecule has 1 atom stereocenters. The molecule has 1 aliphatic heterocycles. The lowest BCUT2D eigenvalue weighted by Gasteiger charge is -2.34. The standard InChI is InChI=1S/C34H40F3N3O8/c1-31(2,3)47-29(43)33(30(44)48-32(4,5)6,19-27(41)21-9-12-23(13-10-21)46-20-24-8-7-17-45-24)15-16-40-28(42)25-18-22(34(35,36)37)11-14-26(25)38-39-40/h9-14,18,24H,7-8,15-17,19-20H2,1-6H3. The summed E-state index contributed by atoms with van der Waals surface area (Å²) < 4.78 is 63.6. The summed E-state index contributed by atoms with van der Waals surface area (Å²) in [6.45, 7) is 10.0. The first-order valence-corrected chi connectivity index (χ1v) is 15.6. The molecule has 14 heteroatoms. The van der Waals surface area contributed by atoms with Gasteiger partial charge in [0, 0.05) is 25.1 Å². The van der Waals surface area contributed by atoms with Crippen molar-refractivity contribution in [1.29, 1.82) is 0 Å². The molecule has 1 aromatic heterocycles. The van der Waals surface area contributed by atoms with Gasteiger partial charge in [0.2, 0.25) is 0 Å². The Morgan fingerprint density at radius 1 is 0.938 bits per heavy atom. The summed E-state index contributed by atoms with van der Waals surface area (Å²) in [7, 11) is 0. The lowest BCUT2D eigenvalue weighted by molar-refractivity contribution is -0.186. The fraction of sp³-hybridized carbons (Fsp3) is 0.529. The molecule has 1 aliphatic rings. The zero-order valence-corrected chi connectivity index (χ0v) is 27.8. The van der Waals surface area contributed by atoms with E-state index >= 15 is 0 Å². The number of rotatable bonds is 11. The van der Waals surface area contributed by atoms with Crippen molar-refractivity contribution in [2.75, 3.05) is 13.2 Å². The van der Waals surface area contributed by atoms with Crippen molar-refractivity contribution >= 4 is 28.6 Å². The van der Waals surface area contributed by atoms with E-state index in [1.54, 1.807) is 53.7 Å². The van der Waals surface area contributed by atoms with Crippen LogP contribution >= 0.6 is 0 Å². The summed E-state index contributed by atoms with van der Waals surface area (Å²) in [5, 5.41) is 7.32. The summed E-state index contributed by atoms with van der Waals surface area (Å²) in [6.07, 6.45) is -4.11. The number of alkyl halides is 3. The number of fused-ring (bicyclic) bond motifs is 1. The van der Waals surface area contributed by atoms with Crippen molar-refractivity contribution in [3.05, 3.63) is 63.9 Å². The van der Waals surface area contributed by atoms with Gasteiger partial charge in [0.15, 0.2) is 11.2 Å². The van der Waals surface area contributed by atoms with Crippen LogP contribution in [0.4, 0.5) is 13.2 Å². The first-order chi connectivity index (χ1) is 22.3. The van der Waals surface area contributed by atoms with Gasteiger partial charge in [0.25, 0.3) is 5.56 Å². The van der Waals surface area contributed by atoms with Crippen LogP contribution < -0.4 is 10.3 Å². The normalized spacial score (nSPS) is 15.7. The Bertz CT molecular complexity index is 1670. The highest BCUT2D eigenvalue weighted by atomic mass is 19.4. The molecule has 2 aromatic carbocycles. The van der Waals surface area contributed by atoms with Gasteiger partial charge in [-0.1, -0.05) is 5.21 Å². The molecule has 11 nitrogen and oxygen atoms in total. The van der Waals surface area contributed by atoms with Gasteiger partial charge >= 0.3 is 18.1 Å². The van der Waals surface area contributed by atoms with E-state index in [0.717, 1.165) is 29.7 Å². The van der Waals surface area contributed by atoms with Crippen LogP contribution in [-0.4, -0.2) is 63.2 Å². The van der Waals surface area contributed by atoms with E-state index in [1.165, 1.54) is 12.1 Å². The minimum absolute atomic E-state index is 0.0129. The molecule has 0 aliphatic carbocycles. The molecule has 0 bridgehead atoms. The highest BCUT2D eigenvalue weighted by Crippen LogP contribution is 2.36. The number of nitrogens with zero attached hydrogens (tertiary/aromatic N) is 3. The van der Waals surface area contributed by atoms with Crippen LogP contribution in [0.3, 0.4) is 0 Å². The number of Topliss-reactive ketones (excluding diaryl/α,β-unsaturated/α-hetero) is 1. The Kier molecular flexibility index (Phi) is 10.7. The summed E-state index contributed by atoms with van der Waals surface area (Å²) in [6, 6.07) is 8.65. The Morgan fingerprint density at radius 3 is 2.10 bits per heavy atom. The minimum atomic E-state index is -4.72. The summed E-state index contributed by atoms with van der Waals surface area (Å²) in [5.74, 6) is -2.26. The van der Waals surface area contributed by atoms with Crippen LogP contribution in [0.1, 0.15) is 83.1 Å². The number of hydrogen-bond acceptors (Lipinski definition) is 10. The summed E-state index contributed by atoms with van der Waals surface area (Å²) >= 11 is 0. The second-order valence-electron chi connectivity index (χ2n) is 13.8. The number of ketones is 1. The minimum Gasteiger partial charge on any atom is -0.491 e. The van der Waals surface area contributed by atoms with Crippen molar-refractivity contribution in [3.8, 4) is 5.75 Å². The molecule has 1 fully saturated rings. The number of aromatic nitrogens is 3. The molecule has 1 saturated heterocycles. The van der Waals surface area contributed by atoms with Crippen LogP contribution in [0.5, 0.6) is 5.75 Å². The molecule has 0 saturated carbocycles. The Morgan fingerprint density at radius 2 is 1.56 bits per heavy atom. The maximum Gasteiger partial charge on any atom is 0.416 e. The van der Waals surface area contributed by atoms with Crippen molar-refractivity contribution in [2.24, 2.45) is 5.41 Å². The van der Waals surface area contributed by atoms with Gasteiger partial charge in [-0.25, -0.2) is 4.68 Å². The average molecular weight is 676 g/mol. The van der Waals surface area contributed by atoms with E-state index in [-0.39, 0.29) is 22.6 Å². The van der Waals surface area contributed by atoms with Gasteiger partial charge in [0.05, 0.1) is 17.1 Å². The summed E-state index contributed by atoms with van der Waals surface area (Å²) in [5.41, 5.74) is -6.37. The molecule has 260 valence electrons. The molecule has 2 heterocycles. The molecule has 4 rings (SSSR count). The Hall–Kier alpha value is -4.33. The fourth-order valence-corrected chi connectivity index (χ4v) is 5.05. The molecular weight excluding hydrogens is 635 g/mol. The van der Waals surface area contributed by atoms with Gasteiger partial charge in [-0.2, -0.15) is 13.2 Å². The van der Waals surface area contributed by atoms with Crippen LogP contribution in [0.15, 0.2) is 47.3 Å². The number of hydrogen-bond donors (Lipinski definition) is 0. The zero-order chi connectivity index (χ0) is 35.5. The molecule has 1 unspecified atom stereocenters. The first-order valence-electron chi connectivity index (χ1n) is 15.6. The average Bonchev–Trinajstić information content (AvgIpc) is 3.50. The monoisotopic (exact) mass is 675 g/mol. The number of halogens is 3. The number of ether oxygens (including phenoxy) is 4. The largest absolute Gasteiger partial charge is 0.491 e. The topological polar surface area (TPSA) is 136 Å². The van der Waals surface area contributed by atoms with Gasteiger partial charge in [-0.15, -0.1) is 5.10 Å². The molecule has 0 amide bonds. The maximum atomic E-state index is 14.0. The van der Waals surface area contributed by atoms with E-state index in [0.29, 0.717) is 25.0 Å². The van der Waals surface area contributed by atoms with E-state index in [4.69, 9.17) is 18.9 Å². The predicted molar refractivity (Wildman–Crippen MR) is 167 cm³/mol. The van der Waals surface area contributed by atoms with Crippen LogP contribution in [0.2, 0.25) is 0 Å². The lowest BCUT2D eigenvalue weighted by Crippen LogP contribution is -2.49. The molecule has 48 heavy (non-hydrogen) atoms. The molecule has 0 radical (unpaired) electrons. The second kappa shape index (κ2) is 14.0. The second-order valence-corrected chi connectivity index (χ2v) is 13.8. The van der Waals surface area contributed by atoms with Gasteiger partial charge < -0.3 is 18.9 Å². The van der Waals surface area contributed by atoms with E-state index in [1.807, 2.05) is 0 Å². The van der Waals surface area contributed by atoms with E-state index in [2.05, 4.69) is 10.3 Å². The van der Waals surface area contributed by atoms with E-state index in [9.17, 15) is 32.3 Å².